The van der Waals surface area contributed by atoms with Crippen LogP contribution in [0.5, 0.6) is 0 Å². The summed E-state index contributed by atoms with van der Waals surface area (Å²) in [5, 5.41) is 4.66. The molecule has 0 fully saturated rings. The SMILES string of the molecule is c1ccc(-c2cncnc2N(c2ncncc2-c2ccccc2)c2cc(N(c3ncncc3-c3ccccc3)c3ncncc3-c3ccccc3)c3ccc4c(N(c5ncncc5-c5ccccc5)c5ncncc5-c5ccccc5)cc(N(c5ncncc5-c5ccccc5)c5ncncc5-c5ccccc5)c5ccc2c3c54)cc1. The van der Waals surface area contributed by atoms with E-state index in [1.54, 1.807) is 50.6 Å². The molecule has 0 spiro atoms. The van der Waals surface area contributed by atoms with Crippen molar-refractivity contribution in [2.45, 2.75) is 0 Å². The van der Waals surface area contributed by atoms with Gasteiger partial charge in [-0.25, -0.2) is 79.7 Å². The van der Waals surface area contributed by atoms with Gasteiger partial charge < -0.3 is 0 Å². The van der Waals surface area contributed by atoms with Crippen molar-refractivity contribution < 1.29 is 0 Å². The Hall–Kier alpha value is -16.5. The fourth-order valence-corrected chi connectivity index (χ4v) is 15.6. The minimum Gasteiger partial charge on any atom is -0.277 e. The van der Waals surface area contributed by atoms with E-state index in [0.29, 0.717) is 114 Å². The maximum Gasteiger partial charge on any atom is 0.150 e. The number of anilines is 12. The quantitative estimate of drug-likeness (QED) is 0.0648. The van der Waals surface area contributed by atoms with Gasteiger partial charge in [0.1, 0.15) is 97.2 Å². The van der Waals surface area contributed by atoms with Crippen LogP contribution in [-0.4, -0.2) is 79.7 Å². The van der Waals surface area contributed by atoms with Crippen LogP contribution in [0.3, 0.4) is 0 Å². The fraction of sp³-hybridized carbons (Fsp3) is 0. The molecular weight excluding hydrogens is 1430 g/mol. The molecule has 546 valence electrons. The molecule has 20 heteroatoms. The molecule has 0 radical (unpaired) electrons. The fourth-order valence-electron chi connectivity index (χ4n) is 15.6. The topological polar surface area (TPSA) is 219 Å². The summed E-state index contributed by atoms with van der Waals surface area (Å²) in [4.78, 5) is 90.5. The van der Waals surface area contributed by atoms with Crippen LogP contribution < -0.4 is 19.6 Å². The van der Waals surface area contributed by atoms with E-state index in [1.165, 1.54) is 0 Å². The predicted octanol–water partition coefficient (Wildman–Crippen LogP) is 22.1. The molecular formula is C96H62N20. The monoisotopic (exact) mass is 1490 g/mol. The Morgan fingerprint density at radius 1 is 0.155 bits per heavy atom. The van der Waals surface area contributed by atoms with Crippen LogP contribution in [0.4, 0.5) is 69.3 Å². The maximum absolute atomic E-state index is 5.43. The molecule has 0 N–H and O–H groups in total. The van der Waals surface area contributed by atoms with Gasteiger partial charge in [-0.2, -0.15) is 0 Å². The molecule has 0 aliphatic carbocycles. The summed E-state index contributed by atoms with van der Waals surface area (Å²) in [6.07, 6.45) is 27.6. The Morgan fingerprint density at radius 3 is 0.431 bits per heavy atom. The van der Waals surface area contributed by atoms with Gasteiger partial charge in [-0.1, -0.05) is 267 Å². The van der Waals surface area contributed by atoms with Crippen molar-refractivity contribution in [3.8, 4) is 89.0 Å². The number of aromatic nitrogens is 16. The van der Waals surface area contributed by atoms with Gasteiger partial charge in [-0.3, -0.25) is 19.6 Å². The molecule has 116 heavy (non-hydrogen) atoms. The summed E-state index contributed by atoms with van der Waals surface area (Å²) in [7, 11) is 0. The molecule has 20 rings (SSSR count). The van der Waals surface area contributed by atoms with Gasteiger partial charge >= 0.3 is 0 Å². The molecule has 0 saturated heterocycles. The van der Waals surface area contributed by atoms with Gasteiger partial charge in [0.25, 0.3) is 0 Å². The van der Waals surface area contributed by atoms with Crippen LogP contribution in [0.25, 0.3) is 121 Å². The van der Waals surface area contributed by atoms with Crippen LogP contribution >= 0.6 is 0 Å². The number of hydrogen-bond donors (Lipinski definition) is 0. The smallest absolute Gasteiger partial charge is 0.150 e. The molecule has 0 unspecified atom stereocenters. The van der Waals surface area contributed by atoms with Crippen molar-refractivity contribution in [1.82, 2.24) is 79.7 Å². The molecule has 0 aliphatic rings. The first kappa shape index (κ1) is 68.8. The minimum absolute atomic E-state index is 0.510. The molecule has 0 aliphatic heterocycles. The lowest BCUT2D eigenvalue weighted by Crippen LogP contribution is -2.20. The van der Waals surface area contributed by atoms with Gasteiger partial charge in [-0.15, -0.1) is 0 Å². The average Bonchev–Trinajstić information content (AvgIpc) is 0.694. The summed E-state index contributed by atoms with van der Waals surface area (Å²) in [6.45, 7) is 0. The van der Waals surface area contributed by atoms with E-state index < -0.39 is 0 Å². The molecule has 0 saturated carbocycles. The van der Waals surface area contributed by atoms with Gasteiger partial charge in [0.15, 0.2) is 0 Å². The molecule has 0 amide bonds. The standard InChI is InChI=1S/C96H62N20/c1-9-25-63(26-10-1)75-47-97-55-105-89(75)113(90-76(48-98-56-106-90)64-27-11-2-12-28-64)83-45-84(114(91-77(49-99-57-107-91)65-29-13-3-14-30-65)92-78(50-100-58-108-92)66-31-15-4-16-32-66)72-43-44-74-86(116(95-81(53-103-61-111-95)69-37-21-7-22-38-69)96-82(54-104-62-112-96)70-39-23-8-24-40-70)46-85(73-42-41-71(83)87(72)88(73)74)115(93-79(51-101-59-109-93)67-33-17-5-18-34-67)94-80(52-102-60-110-94)68-35-19-6-20-36-68/h1-62H. The highest BCUT2D eigenvalue weighted by Crippen LogP contribution is 2.58. The molecule has 0 atom stereocenters. The number of rotatable bonds is 20. The lowest BCUT2D eigenvalue weighted by molar-refractivity contribution is 1.06. The Kier molecular flexibility index (Phi) is 18.0. The zero-order valence-corrected chi connectivity index (χ0v) is 61.7. The van der Waals surface area contributed by atoms with Crippen LogP contribution in [-0.2, 0) is 0 Å². The van der Waals surface area contributed by atoms with Crippen molar-refractivity contribution in [2.75, 3.05) is 19.6 Å². The summed E-state index contributed by atoms with van der Waals surface area (Å²) >= 11 is 0. The van der Waals surface area contributed by atoms with Gasteiger partial charge in [0, 0.05) is 126 Å². The normalized spacial score (nSPS) is 11.3. The van der Waals surface area contributed by atoms with Crippen LogP contribution in [0.15, 0.2) is 379 Å². The van der Waals surface area contributed by atoms with E-state index in [4.69, 9.17) is 79.7 Å². The molecule has 20 nitrogen and oxygen atoms in total. The van der Waals surface area contributed by atoms with Gasteiger partial charge in [0.05, 0.1) is 22.7 Å². The van der Waals surface area contributed by atoms with Crippen molar-refractivity contribution >= 4 is 102 Å². The molecule has 20 aromatic rings. The zero-order chi connectivity index (χ0) is 77.1. The molecule has 8 aromatic heterocycles. The van der Waals surface area contributed by atoms with Gasteiger partial charge in [-0.05, 0) is 56.6 Å². The van der Waals surface area contributed by atoms with E-state index >= 15 is 0 Å². The first-order chi connectivity index (χ1) is 57.7. The zero-order valence-electron chi connectivity index (χ0n) is 61.7. The second kappa shape index (κ2) is 30.4. The second-order valence-electron chi connectivity index (χ2n) is 27.3. The number of hydrogen-bond acceptors (Lipinski definition) is 20. The Bertz CT molecular complexity index is 5770. The van der Waals surface area contributed by atoms with Crippen LogP contribution in [0, 0.1) is 0 Å². The van der Waals surface area contributed by atoms with E-state index in [9.17, 15) is 0 Å². The summed E-state index contributed by atoms with van der Waals surface area (Å²) in [6, 6.07) is 94.7. The van der Waals surface area contributed by atoms with Crippen molar-refractivity contribution in [3.63, 3.8) is 0 Å². The predicted molar refractivity (Wildman–Crippen MR) is 457 cm³/mol. The summed E-state index contributed by atoms with van der Waals surface area (Å²) in [5.41, 5.74) is 15.1. The van der Waals surface area contributed by atoms with E-state index in [2.05, 4.69) is 153 Å². The second-order valence-corrected chi connectivity index (χ2v) is 27.3. The Balaban J connectivity index is 1.03. The van der Waals surface area contributed by atoms with Crippen molar-refractivity contribution in [3.05, 3.63) is 379 Å². The Labute approximate surface area is 665 Å². The minimum atomic E-state index is 0.510. The highest BCUT2D eigenvalue weighted by atomic mass is 15.3. The summed E-state index contributed by atoms with van der Waals surface area (Å²) < 4.78 is 0. The average molecular weight is 1500 g/mol. The van der Waals surface area contributed by atoms with Crippen molar-refractivity contribution in [1.29, 1.82) is 0 Å². The third-order valence-corrected chi connectivity index (χ3v) is 20.7. The third-order valence-electron chi connectivity index (χ3n) is 20.7. The van der Waals surface area contributed by atoms with E-state index in [1.807, 2.05) is 195 Å². The van der Waals surface area contributed by atoms with Crippen LogP contribution in [0.2, 0.25) is 0 Å². The largest absolute Gasteiger partial charge is 0.277 e. The lowest BCUT2D eigenvalue weighted by Gasteiger charge is -2.34. The van der Waals surface area contributed by atoms with Crippen LogP contribution in [0.1, 0.15) is 0 Å². The molecule has 12 aromatic carbocycles. The number of benzene rings is 12. The molecule has 0 bridgehead atoms. The highest BCUT2D eigenvalue weighted by molar-refractivity contribution is 6.33. The van der Waals surface area contributed by atoms with Gasteiger partial charge in [0.2, 0.25) is 0 Å². The Morgan fingerprint density at radius 2 is 0.293 bits per heavy atom. The maximum atomic E-state index is 5.43. The highest BCUT2D eigenvalue weighted by Gasteiger charge is 2.36. The molecule has 8 heterocycles. The summed E-state index contributed by atoms with van der Waals surface area (Å²) in [5.74, 6) is 4.08. The van der Waals surface area contributed by atoms with Crippen molar-refractivity contribution in [2.24, 2.45) is 0 Å². The first-order valence-electron chi connectivity index (χ1n) is 37.5. The third kappa shape index (κ3) is 12.5. The lowest BCUT2D eigenvalue weighted by atomic mass is 9.89. The number of nitrogens with zero attached hydrogens (tertiary/aromatic N) is 20. The van der Waals surface area contributed by atoms with E-state index in [-0.39, 0.29) is 0 Å². The first-order valence-corrected chi connectivity index (χ1v) is 37.5. The van der Waals surface area contributed by atoms with E-state index in [0.717, 1.165) is 76.8 Å².